The number of hydrogen-bond donors (Lipinski definition) is 2. The summed E-state index contributed by atoms with van der Waals surface area (Å²) in [7, 11) is -3.52. The van der Waals surface area contributed by atoms with Crippen molar-refractivity contribution in [2.75, 3.05) is 13.1 Å². The predicted molar refractivity (Wildman–Crippen MR) is 122 cm³/mol. The van der Waals surface area contributed by atoms with Crippen LogP contribution in [0.1, 0.15) is 58.7 Å². The van der Waals surface area contributed by atoms with Gasteiger partial charge >= 0.3 is 0 Å². The number of nitrogens with zero attached hydrogens (tertiary/aromatic N) is 3. The molecule has 1 aromatic carbocycles. The van der Waals surface area contributed by atoms with Crippen molar-refractivity contribution >= 4 is 32.9 Å². The van der Waals surface area contributed by atoms with E-state index in [4.69, 9.17) is 0 Å². The first-order valence-electron chi connectivity index (χ1n) is 11.3. The Morgan fingerprint density at radius 1 is 1.12 bits per heavy atom. The second kappa shape index (κ2) is 10.4. The molecule has 1 aliphatic rings. The van der Waals surface area contributed by atoms with E-state index < -0.39 is 10.0 Å². The summed E-state index contributed by atoms with van der Waals surface area (Å²) in [4.78, 5) is 28.8. The molecule has 0 aliphatic carbocycles. The van der Waals surface area contributed by atoms with Crippen molar-refractivity contribution in [3.8, 4) is 0 Å². The minimum absolute atomic E-state index is 0.161. The minimum atomic E-state index is -3.52. The summed E-state index contributed by atoms with van der Waals surface area (Å²) in [5, 5.41) is 0. The average Bonchev–Trinajstić information content (AvgIpc) is 3.39. The molecule has 176 valence electrons. The van der Waals surface area contributed by atoms with Crippen LogP contribution in [0.4, 0.5) is 0 Å². The van der Waals surface area contributed by atoms with Crippen LogP contribution in [0, 0.1) is 5.92 Å². The average molecular weight is 464 g/mol. The van der Waals surface area contributed by atoms with E-state index in [-0.39, 0.29) is 29.0 Å². The number of aryl methyl sites for hydroxylation is 2. The van der Waals surface area contributed by atoms with Gasteiger partial charge in [0.15, 0.2) is 0 Å². The molecule has 0 atom stereocenters. The molecule has 9 nitrogen and oxygen atoms in total. The third-order valence-electron chi connectivity index (χ3n) is 5.46. The molecule has 32 heavy (non-hydrogen) atoms. The fraction of sp³-hybridized carbons (Fsp3) is 0.591. The Balaban J connectivity index is 1.74. The van der Waals surface area contributed by atoms with Crippen LogP contribution in [0.15, 0.2) is 23.1 Å². The Kier molecular flexibility index (Phi) is 7.89. The molecule has 0 spiro atoms. The van der Waals surface area contributed by atoms with Crippen molar-refractivity contribution in [2.45, 2.75) is 70.7 Å². The molecule has 2 aromatic rings. The number of imidazole rings is 1. The van der Waals surface area contributed by atoms with E-state index in [1.165, 1.54) is 4.31 Å². The van der Waals surface area contributed by atoms with Gasteiger partial charge in [-0.2, -0.15) is 4.31 Å². The van der Waals surface area contributed by atoms with Gasteiger partial charge in [0.25, 0.3) is 0 Å². The van der Waals surface area contributed by atoms with E-state index in [0.717, 1.165) is 37.1 Å². The smallest absolute Gasteiger partial charge is 0.243 e. The lowest BCUT2D eigenvalue weighted by atomic mass is 10.1. The molecule has 1 aliphatic heterocycles. The van der Waals surface area contributed by atoms with E-state index >= 15 is 0 Å². The topological polar surface area (TPSA) is 113 Å². The largest absolute Gasteiger partial charge is 0.328 e. The van der Waals surface area contributed by atoms with Crippen LogP contribution < -0.4 is 10.9 Å². The van der Waals surface area contributed by atoms with E-state index in [0.29, 0.717) is 31.4 Å². The lowest BCUT2D eigenvalue weighted by molar-refractivity contribution is -0.129. The van der Waals surface area contributed by atoms with Crippen LogP contribution in [0.25, 0.3) is 11.0 Å². The summed E-state index contributed by atoms with van der Waals surface area (Å²) in [6.45, 7) is 7.75. The third kappa shape index (κ3) is 5.66. The highest BCUT2D eigenvalue weighted by Gasteiger charge is 2.27. The molecule has 2 amide bonds. The number of benzene rings is 1. The maximum Gasteiger partial charge on any atom is 0.243 e. The number of rotatable bonds is 9. The Bertz CT molecular complexity index is 1070. The summed E-state index contributed by atoms with van der Waals surface area (Å²) < 4.78 is 29.4. The molecular weight excluding hydrogens is 430 g/mol. The van der Waals surface area contributed by atoms with Crippen LogP contribution in [-0.2, 0) is 32.6 Å². The maximum atomic E-state index is 12.9. The van der Waals surface area contributed by atoms with Gasteiger partial charge in [-0.25, -0.2) is 13.4 Å². The molecule has 10 heteroatoms. The van der Waals surface area contributed by atoms with E-state index in [1.807, 2.05) is 18.4 Å². The Morgan fingerprint density at radius 3 is 2.47 bits per heavy atom. The first-order valence-corrected chi connectivity index (χ1v) is 12.7. The first kappa shape index (κ1) is 24.2. The van der Waals surface area contributed by atoms with E-state index in [9.17, 15) is 18.0 Å². The van der Waals surface area contributed by atoms with Gasteiger partial charge in [-0.05, 0) is 43.4 Å². The standard InChI is InChI=1S/C22H33N5O4S/c1-4-11-27-19-8-7-17(32(30,31)26-12-5-6-13-26)15-18(19)23-20(27)9-10-21(28)24-25-22(29)14-16(2)3/h7-8,15-16H,4-6,9-14H2,1-3H3,(H,24,28)(H,25,29). The number of aromatic nitrogens is 2. The monoisotopic (exact) mass is 463 g/mol. The second-order valence-corrected chi connectivity index (χ2v) is 10.6. The van der Waals surface area contributed by atoms with E-state index in [2.05, 4.69) is 22.8 Å². The Labute approximate surface area is 189 Å². The van der Waals surface area contributed by atoms with Gasteiger partial charge in [-0.15, -0.1) is 0 Å². The number of carbonyl (C=O) groups is 2. The molecule has 0 saturated carbocycles. The lowest BCUT2D eigenvalue weighted by Gasteiger charge is -2.15. The number of hydrogen-bond acceptors (Lipinski definition) is 5. The van der Waals surface area contributed by atoms with Crippen molar-refractivity contribution in [1.29, 1.82) is 0 Å². The molecule has 1 aromatic heterocycles. The highest BCUT2D eigenvalue weighted by molar-refractivity contribution is 7.89. The van der Waals surface area contributed by atoms with Crippen LogP contribution in [0.3, 0.4) is 0 Å². The molecule has 0 unspecified atom stereocenters. The third-order valence-corrected chi connectivity index (χ3v) is 7.35. The number of fused-ring (bicyclic) bond motifs is 1. The molecule has 1 saturated heterocycles. The summed E-state index contributed by atoms with van der Waals surface area (Å²) in [6.07, 6.45) is 3.54. The highest BCUT2D eigenvalue weighted by atomic mass is 32.2. The number of amides is 2. The normalized spacial score (nSPS) is 14.9. The molecule has 3 rings (SSSR count). The summed E-state index contributed by atoms with van der Waals surface area (Å²) in [5.74, 6) is 0.411. The van der Waals surface area contributed by atoms with Crippen molar-refractivity contribution in [2.24, 2.45) is 5.92 Å². The van der Waals surface area contributed by atoms with Gasteiger partial charge in [0, 0.05) is 38.9 Å². The fourth-order valence-electron chi connectivity index (χ4n) is 3.91. The van der Waals surface area contributed by atoms with E-state index in [1.54, 1.807) is 18.2 Å². The number of carbonyl (C=O) groups excluding carboxylic acids is 2. The molecule has 2 heterocycles. The van der Waals surface area contributed by atoms with Gasteiger partial charge in [0.2, 0.25) is 21.8 Å². The highest BCUT2D eigenvalue weighted by Crippen LogP contribution is 2.25. The van der Waals surface area contributed by atoms with Crippen molar-refractivity contribution in [3.63, 3.8) is 0 Å². The predicted octanol–water partition coefficient (Wildman–Crippen LogP) is 2.36. The number of hydrazine groups is 1. The van der Waals surface area contributed by atoms with Crippen molar-refractivity contribution in [1.82, 2.24) is 24.7 Å². The van der Waals surface area contributed by atoms with Gasteiger partial charge in [-0.3, -0.25) is 20.4 Å². The Hall–Kier alpha value is -2.46. The van der Waals surface area contributed by atoms with Crippen LogP contribution in [0.2, 0.25) is 0 Å². The summed E-state index contributed by atoms with van der Waals surface area (Å²) >= 11 is 0. The van der Waals surface area contributed by atoms with Crippen molar-refractivity contribution in [3.05, 3.63) is 24.0 Å². The van der Waals surface area contributed by atoms with Crippen LogP contribution in [-0.4, -0.2) is 47.2 Å². The molecule has 2 N–H and O–H groups in total. The van der Waals surface area contributed by atoms with Gasteiger partial charge in [0.1, 0.15) is 5.82 Å². The lowest BCUT2D eigenvalue weighted by Crippen LogP contribution is -2.42. The SMILES string of the molecule is CCCn1c(CCC(=O)NNC(=O)CC(C)C)nc2cc(S(=O)(=O)N3CCCC3)ccc21. The zero-order valence-corrected chi connectivity index (χ0v) is 19.9. The number of nitrogens with one attached hydrogen (secondary N) is 2. The minimum Gasteiger partial charge on any atom is -0.328 e. The van der Waals surface area contributed by atoms with Gasteiger partial charge < -0.3 is 4.57 Å². The van der Waals surface area contributed by atoms with Gasteiger partial charge in [-0.1, -0.05) is 20.8 Å². The Morgan fingerprint density at radius 2 is 1.81 bits per heavy atom. The first-order chi connectivity index (χ1) is 15.2. The molecular formula is C22H33N5O4S. The van der Waals surface area contributed by atoms with Crippen LogP contribution >= 0.6 is 0 Å². The summed E-state index contributed by atoms with van der Waals surface area (Å²) in [5.41, 5.74) is 6.34. The zero-order chi connectivity index (χ0) is 23.3. The van der Waals surface area contributed by atoms with Crippen molar-refractivity contribution < 1.29 is 18.0 Å². The number of sulfonamides is 1. The fourth-order valence-corrected chi connectivity index (χ4v) is 5.45. The van der Waals surface area contributed by atoms with Crippen LogP contribution in [0.5, 0.6) is 0 Å². The summed E-state index contributed by atoms with van der Waals surface area (Å²) in [6, 6.07) is 5.08. The molecule has 1 fully saturated rings. The molecule has 0 bridgehead atoms. The quantitative estimate of drug-likeness (QED) is 0.554. The van der Waals surface area contributed by atoms with Gasteiger partial charge in [0.05, 0.1) is 15.9 Å². The zero-order valence-electron chi connectivity index (χ0n) is 19.1. The maximum absolute atomic E-state index is 12.9. The second-order valence-electron chi connectivity index (χ2n) is 8.64. The molecule has 0 radical (unpaired) electrons.